The number of aryl methyl sites for hydroxylation is 1. The van der Waals surface area contributed by atoms with Gasteiger partial charge < -0.3 is 15.2 Å². The van der Waals surface area contributed by atoms with E-state index in [0.717, 1.165) is 37.2 Å². The van der Waals surface area contributed by atoms with Gasteiger partial charge in [-0.15, -0.1) is 0 Å². The zero-order valence-electron chi connectivity index (χ0n) is 10.5. The second-order valence-corrected chi connectivity index (χ2v) is 4.55. The molecule has 0 unspecified atom stereocenters. The highest BCUT2D eigenvalue weighted by molar-refractivity contribution is 5.36. The van der Waals surface area contributed by atoms with Crippen molar-refractivity contribution >= 4 is 5.82 Å². The Morgan fingerprint density at radius 3 is 3.00 bits per heavy atom. The van der Waals surface area contributed by atoms with E-state index >= 15 is 0 Å². The van der Waals surface area contributed by atoms with Gasteiger partial charge in [0, 0.05) is 38.7 Å². The van der Waals surface area contributed by atoms with E-state index in [0.29, 0.717) is 0 Å². The molecule has 5 nitrogen and oxygen atoms in total. The minimum Gasteiger partial charge on any atom is -0.358 e. The van der Waals surface area contributed by atoms with Crippen LogP contribution in [0.2, 0.25) is 0 Å². The van der Waals surface area contributed by atoms with Crippen LogP contribution >= 0.6 is 0 Å². The number of hydrogen-bond acceptors (Lipinski definition) is 4. The monoisotopic (exact) mass is 236 g/mol. The highest BCUT2D eigenvalue weighted by Gasteiger charge is 2.19. The molecule has 2 N–H and O–H groups in total. The first kappa shape index (κ1) is 12.1. The highest BCUT2D eigenvalue weighted by atomic mass is 16.1. The van der Waals surface area contributed by atoms with E-state index in [1.165, 1.54) is 12.8 Å². The van der Waals surface area contributed by atoms with E-state index in [4.69, 9.17) is 0 Å². The molecule has 1 aromatic rings. The predicted molar refractivity (Wildman–Crippen MR) is 68.5 cm³/mol. The molecule has 1 saturated carbocycles. The second-order valence-electron chi connectivity index (χ2n) is 4.55. The standard InChI is InChI=1S/C12H20N4O/c1-3-10-14-11(8-12(17)15-10)16(2)7-6-13-9-4-5-9/h8-9,13H,3-7H2,1-2H3,(H,14,15,17). The molecular formula is C12H20N4O. The van der Waals surface area contributed by atoms with Crippen LogP contribution in [0.1, 0.15) is 25.6 Å². The van der Waals surface area contributed by atoms with Crippen LogP contribution in [0.4, 0.5) is 5.82 Å². The van der Waals surface area contributed by atoms with Gasteiger partial charge in [-0.2, -0.15) is 0 Å². The maximum Gasteiger partial charge on any atom is 0.252 e. The molecule has 2 rings (SSSR count). The van der Waals surface area contributed by atoms with E-state index in [9.17, 15) is 4.79 Å². The Kier molecular flexibility index (Phi) is 3.78. The maximum atomic E-state index is 11.4. The van der Waals surface area contributed by atoms with Gasteiger partial charge in [0.15, 0.2) is 0 Å². The number of H-pyrrole nitrogens is 1. The number of rotatable bonds is 6. The van der Waals surface area contributed by atoms with Crippen molar-refractivity contribution in [3.05, 3.63) is 22.2 Å². The lowest BCUT2D eigenvalue weighted by atomic mass is 10.4. The summed E-state index contributed by atoms with van der Waals surface area (Å²) in [5, 5.41) is 3.45. The molecule has 5 heteroatoms. The normalized spacial score (nSPS) is 14.9. The topological polar surface area (TPSA) is 61.0 Å². The van der Waals surface area contributed by atoms with E-state index in [1.807, 2.05) is 18.9 Å². The Labute approximate surface area is 101 Å². The van der Waals surface area contributed by atoms with E-state index in [1.54, 1.807) is 6.07 Å². The smallest absolute Gasteiger partial charge is 0.252 e. The molecule has 0 amide bonds. The molecule has 1 aliphatic rings. The molecule has 0 atom stereocenters. The molecule has 0 spiro atoms. The number of aromatic amines is 1. The molecular weight excluding hydrogens is 216 g/mol. The van der Waals surface area contributed by atoms with Crippen molar-refractivity contribution in [1.82, 2.24) is 15.3 Å². The van der Waals surface area contributed by atoms with Crippen LogP contribution in [0, 0.1) is 0 Å². The second kappa shape index (κ2) is 5.31. The van der Waals surface area contributed by atoms with Gasteiger partial charge >= 0.3 is 0 Å². The van der Waals surface area contributed by atoms with Crippen LogP contribution in [-0.4, -0.2) is 36.1 Å². The first-order valence-corrected chi connectivity index (χ1v) is 6.24. The molecule has 0 radical (unpaired) electrons. The quantitative estimate of drug-likeness (QED) is 0.756. The van der Waals surface area contributed by atoms with Gasteiger partial charge in [-0.3, -0.25) is 4.79 Å². The van der Waals surface area contributed by atoms with E-state index in [2.05, 4.69) is 15.3 Å². The minimum absolute atomic E-state index is 0.0751. The zero-order valence-corrected chi connectivity index (χ0v) is 10.5. The molecule has 1 fully saturated rings. The van der Waals surface area contributed by atoms with Crippen molar-refractivity contribution < 1.29 is 0 Å². The Balaban J connectivity index is 1.94. The minimum atomic E-state index is -0.0751. The lowest BCUT2D eigenvalue weighted by Crippen LogP contribution is -2.31. The van der Waals surface area contributed by atoms with E-state index in [-0.39, 0.29) is 5.56 Å². The van der Waals surface area contributed by atoms with Gasteiger partial charge in [0.1, 0.15) is 11.6 Å². The van der Waals surface area contributed by atoms with Gasteiger partial charge in [0.2, 0.25) is 0 Å². The Morgan fingerprint density at radius 2 is 2.35 bits per heavy atom. The number of hydrogen-bond donors (Lipinski definition) is 2. The van der Waals surface area contributed by atoms with Gasteiger partial charge in [-0.25, -0.2) is 4.98 Å². The average Bonchev–Trinajstić information content (AvgIpc) is 3.12. The molecule has 1 aliphatic carbocycles. The molecule has 0 saturated heterocycles. The van der Waals surface area contributed by atoms with Crippen molar-refractivity contribution in [2.45, 2.75) is 32.2 Å². The summed E-state index contributed by atoms with van der Waals surface area (Å²) in [5.41, 5.74) is -0.0751. The van der Waals surface area contributed by atoms with E-state index < -0.39 is 0 Å². The van der Waals surface area contributed by atoms with Crippen molar-refractivity contribution in [3.63, 3.8) is 0 Å². The van der Waals surface area contributed by atoms with Gasteiger partial charge in [0.05, 0.1) is 0 Å². The van der Waals surface area contributed by atoms with Crippen LogP contribution in [-0.2, 0) is 6.42 Å². The predicted octanol–water partition coefficient (Wildman–Crippen LogP) is 0.520. The van der Waals surface area contributed by atoms with Crippen LogP contribution < -0.4 is 15.8 Å². The number of likely N-dealkylation sites (N-methyl/N-ethyl adjacent to an activating group) is 1. The SMILES string of the molecule is CCc1nc(N(C)CCNC2CC2)cc(=O)[nH]1. The van der Waals surface area contributed by atoms with Crippen molar-refractivity contribution in [2.24, 2.45) is 0 Å². The summed E-state index contributed by atoms with van der Waals surface area (Å²) in [5.74, 6) is 1.50. The third-order valence-electron chi connectivity index (χ3n) is 2.96. The van der Waals surface area contributed by atoms with Crippen LogP contribution in [0.5, 0.6) is 0 Å². The lowest BCUT2D eigenvalue weighted by molar-refractivity contribution is 0.671. The number of aromatic nitrogens is 2. The summed E-state index contributed by atoms with van der Waals surface area (Å²) < 4.78 is 0. The zero-order chi connectivity index (χ0) is 12.3. The Bertz CT molecular complexity index is 425. The van der Waals surface area contributed by atoms with Gasteiger partial charge in [-0.05, 0) is 12.8 Å². The molecule has 1 aromatic heterocycles. The summed E-state index contributed by atoms with van der Waals surface area (Å²) in [7, 11) is 1.97. The van der Waals surface area contributed by atoms with Gasteiger partial charge in [0.25, 0.3) is 5.56 Å². The lowest BCUT2D eigenvalue weighted by Gasteiger charge is -2.18. The largest absolute Gasteiger partial charge is 0.358 e. The molecule has 0 aliphatic heterocycles. The summed E-state index contributed by atoms with van der Waals surface area (Å²) >= 11 is 0. The third kappa shape index (κ3) is 3.56. The Morgan fingerprint density at radius 1 is 1.59 bits per heavy atom. The summed E-state index contributed by atoms with van der Waals surface area (Å²) in [6.07, 6.45) is 3.34. The molecule has 17 heavy (non-hydrogen) atoms. The maximum absolute atomic E-state index is 11.4. The fourth-order valence-electron chi connectivity index (χ4n) is 1.70. The number of nitrogens with one attached hydrogen (secondary N) is 2. The molecule has 0 bridgehead atoms. The summed E-state index contributed by atoms with van der Waals surface area (Å²) in [6.45, 7) is 3.80. The fourth-order valence-corrected chi connectivity index (χ4v) is 1.70. The molecule has 0 aromatic carbocycles. The van der Waals surface area contributed by atoms with Crippen molar-refractivity contribution in [3.8, 4) is 0 Å². The summed E-state index contributed by atoms with van der Waals surface area (Å²) in [4.78, 5) is 20.6. The third-order valence-corrected chi connectivity index (χ3v) is 2.96. The van der Waals surface area contributed by atoms with Gasteiger partial charge in [-0.1, -0.05) is 6.92 Å². The Hall–Kier alpha value is -1.36. The summed E-state index contributed by atoms with van der Waals surface area (Å²) in [6, 6.07) is 2.28. The fraction of sp³-hybridized carbons (Fsp3) is 0.667. The average molecular weight is 236 g/mol. The van der Waals surface area contributed by atoms with Crippen molar-refractivity contribution in [1.29, 1.82) is 0 Å². The van der Waals surface area contributed by atoms with Crippen LogP contribution in [0.3, 0.4) is 0 Å². The molecule has 1 heterocycles. The first-order chi connectivity index (χ1) is 8.19. The number of anilines is 1. The van der Waals surface area contributed by atoms with Crippen LogP contribution in [0.15, 0.2) is 10.9 Å². The van der Waals surface area contributed by atoms with Crippen molar-refractivity contribution in [2.75, 3.05) is 25.0 Å². The number of nitrogens with zero attached hydrogens (tertiary/aromatic N) is 2. The first-order valence-electron chi connectivity index (χ1n) is 6.24. The van der Waals surface area contributed by atoms with Crippen LogP contribution in [0.25, 0.3) is 0 Å². The molecule has 94 valence electrons. The highest BCUT2D eigenvalue weighted by Crippen LogP contribution is 2.18.